The fourth-order valence-electron chi connectivity index (χ4n) is 7.15. The van der Waals surface area contributed by atoms with Crippen LogP contribution in [0.4, 0.5) is 13.2 Å². The average molecular weight is 615 g/mol. The SMILES string of the molecule is CCCCOc1ccc(-c2ccc(C(F)(F)F)cc2)c2c1C(=O)C1C(=O)[C@]3(O)C(=O)C(C(N)=O)C(=O)[C@@H](N(C)C)[C@@H]3C[C@@H]1C2. The summed E-state index contributed by atoms with van der Waals surface area (Å²) in [4.78, 5) is 68.8. The largest absolute Gasteiger partial charge is 0.493 e. The number of nitrogens with two attached hydrogens (primary N) is 1. The number of hydrogen-bond donors (Lipinski definition) is 2. The number of rotatable bonds is 7. The number of halogens is 3. The maximum atomic E-state index is 14.3. The van der Waals surface area contributed by atoms with E-state index in [1.54, 1.807) is 6.07 Å². The molecule has 6 atom stereocenters. The molecule has 0 radical (unpaired) electrons. The number of nitrogens with zero attached hydrogens (tertiary/aromatic N) is 1. The zero-order valence-corrected chi connectivity index (χ0v) is 24.4. The molecule has 0 spiro atoms. The molecule has 0 bridgehead atoms. The molecule has 3 aliphatic carbocycles. The van der Waals surface area contributed by atoms with Crippen molar-refractivity contribution in [3.8, 4) is 16.9 Å². The fraction of sp³-hybridized carbons (Fsp3) is 0.469. The van der Waals surface area contributed by atoms with Crippen LogP contribution in [-0.4, -0.2) is 71.4 Å². The van der Waals surface area contributed by atoms with Crippen LogP contribution in [0.5, 0.6) is 5.75 Å². The number of fused-ring (bicyclic) bond motifs is 3. The van der Waals surface area contributed by atoms with Crippen molar-refractivity contribution in [3.63, 3.8) is 0 Å². The summed E-state index contributed by atoms with van der Waals surface area (Å²) in [6, 6.07) is 6.48. The van der Waals surface area contributed by atoms with Gasteiger partial charge in [0.05, 0.1) is 29.7 Å². The summed E-state index contributed by atoms with van der Waals surface area (Å²) in [6.07, 6.45) is -3.07. The van der Waals surface area contributed by atoms with Gasteiger partial charge in [0.25, 0.3) is 0 Å². The summed E-state index contributed by atoms with van der Waals surface area (Å²) < 4.78 is 45.7. The number of ketones is 4. The molecule has 234 valence electrons. The Balaban J connectivity index is 1.65. The summed E-state index contributed by atoms with van der Waals surface area (Å²) >= 11 is 0. The monoisotopic (exact) mass is 614 g/mol. The molecule has 9 nitrogen and oxygen atoms in total. The third-order valence-corrected chi connectivity index (χ3v) is 9.21. The molecular formula is C32H33F3N2O7. The molecule has 2 aromatic rings. The highest BCUT2D eigenvalue weighted by Gasteiger charge is 2.69. The van der Waals surface area contributed by atoms with Crippen molar-refractivity contribution >= 4 is 29.0 Å². The first-order valence-electron chi connectivity index (χ1n) is 14.5. The van der Waals surface area contributed by atoms with Crippen molar-refractivity contribution in [1.29, 1.82) is 0 Å². The van der Waals surface area contributed by atoms with Crippen molar-refractivity contribution in [2.75, 3.05) is 20.7 Å². The quantitative estimate of drug-likeness (QED) is 0.358. The molecular weight excluding hydrogens is 581 g/mol. The number of benzene rings is 2. The predicted molar refractivity (Wildman–Crippen MR) is 151 cm³/mol. The van der Waals surface area contributed by atoms with E-state index in [-0.39, 0.29) is 30.8 Å². The topological polar surface area (TPSA) is 144 Å². The number of amides is 1. The third kappa shape index (κ3) is 4.84. The number of Topliss-reactive ketones (excluding diaryl/α,β-unsaturated/α-hetero) is 4. The van der Waals surface area contributed by atoms with Gasteiger partial charge < -0.3 is 15.6 Å². The lowest BCUT2D eigenvalue weighted by molar-refractivity contribution is -0.181. The molecule has 12 heteroatoms. The number of hydrogen-bond acceptors (Lipinski definition) is 8. The zero-order chi connectivity index (χ0) is 32.3. The number of primary amides is 1. The molecule has 2 fully saturated rings. The summed E-state index contributed by atoms with van der Waals surface area (Å²) in [5.74, 6) is -10.6. The smallest absolute Gasteiger partial charge is 0.416 e. The van der Waals surface area contributed by atoms with Crippen molar-refractivity contribution in [2.24, 2.45) is 29.4 Å². The van der Waals surface area contributed by atoms with Crippen LogP contribution in [0.15, 0.2) is 36.4 Å². The minimum absolute atomic E-state index is 0.0603. The van der Waals surface area contributed by atoms with Crippen LogP contribution in [0.1, 0.15) is 47.7 Å². The highest BCUT2D eigenvalue weighted by atomic mass is 19.4. The van der Waals surface area contributed by atoms with Gasteiger partial charge in [0.15, 0.2) is 34.7 Å². The first kappa shape index (κ1) is 31.5. The van der Waals surface area contributed by atoms with Crippen LogP contribution >= 0.6 is 0 Å². The minimum Gasteiger partial charge on any atom is -0.493 e. The molecule has 3 aliphatic rings. The van der Waals surface area contributed by atoms with E-state index in [1.807, 2.05) is 6.92 Å². The Morgan fingerprint density at radius 3 is 2.30 bits per heavy atom. The molecule has 2 aromatic carbocycles. The van der Waals surface area contributed by atoms with E-state index in [0.29, 0.717) is 23.1 Å². The second-order valence-corrected chi connectivity index (χ2v) is 12.0. The standard InChI is InChI=1S/C32H33F3N2O7/c1-4-5-12-44-21-11-10-18(15-6-8-17(9-7-15)32(33,34)35)19-13-16-14-20-25(37(2)3)27(39)24(30(36)42)29(41)31(20,43)28(40)22(16)26(38)23(19)21/h6-11,16,20,22,24-25,43H,4-5,12-14H2,1-3H3,(H2,36,42)/t16-,20-,22?,24?,25-,31-/m0/s1. The van der Waals surface area contributed by atoms with E-state index in [9.17, 15) is 42.3 Å². The maximum Gasteiger partial charge on any atom is 0.416 e. The Morgan fingerprint density at radius 1 is 1.07 bits per heavy atom. The summed E-state index contributed by atoms with van der Waals surface area (Å²) in [6.45, 7) is 2.21. The van der Waals surface area contributed by atoms with E-state index in [1.165, 1.54) is 37.2 Å². The lowest BCUT2D eigenvalue weighted by Crippen LogP contribution is -2.74. The van der Waals surface area contributed by atoms with E-state index >= 15 is 0 Å². The lowest BCUT2D eigenvalue weighted by atomic mass is 9.52. The normalized spacial score (nSPS) is 28.4. The number of aliphatic hydroxyl groups is 1. The number of alkyl halides is 3. The molecule has 2 unspecified atom stereocenters. The number of ether oxygens (including phenoxy) is 1. The van der Waals surface area contributed by atoms with Crippen LogP contribution in [-0.2, 0) is 31.8 Å². The van der Waals surface area contributed by atoms with Crippen LogP contribution < -0.4 is 10.5 Å². The Labute approximate surface area is 251 Å². The number of unbranched alkanes of at least 4 members (excludes halogenated alkanes) is 1. The Kier molecular flexibility index (Phi) is 8.04. The summed E-state index contributed by atoms with van der Waals surface area (Å²) in [7, 11) is 3.02. The summed E-state index contributed by atoms with van der Waals surface area (Å²) in [5, 5.41) is 11.8. The van der Waals surface area contributed by atoms with Gasteiger partial charge in [0.1, 0.15) is 5.75 Å². The average Bonchev–Trinajstić information content (AvgIpc) is 2.94. The molecule has 2 saturated carbocycles. The highest BCUT2D eigenvalue weighted by Crippen LogP contribution is 2.52. The number of carbonyl (C=O) groups is 5. The summed E-state index contributed by atoms with van der Waals surface area (Å²) in [5.41, 5.74) is 3.16. The highest BCUT2D eigenvalue weighted by molar-refractivity contribution is 6.32. The maximum absolute atomic E-state index is 14.3. The van der Waals surface area contributed by atoms with Crippen molar-refractivity contribution < 1.29 is 47.0 Å². The van der Waals surface area contributed by atoms with Crippen molar-refractivity contribution in [3.05, 3.63) is 53.1 Å². The molecule has 0 heterocycles. The van der Waals surface area contributed by atoms with E-state index in [2.05, 4.69) is 0 Å². The molecule has 0 aliphatic heterocycles. The Hall–Kier alpha value is -3.90. The van der Waals surface area contributed by atoms with Gasteiger partial charge in [-0.05, 0) is 74.2 Å². The van der Waals surface area contributed by atoms with Gasteiger partial charge in [-0.25, -0.2) is 0 Å². The van der Waals surface area contributed by atoms with Gasteiger partial charge in [-0.1, -0.05) is 31.5 Å². The van der Waals surface area contributed by atoms with Crippen molar-refractivity contribution in [2.45, 2.75) is 50.4 Å². The van der Waals surface area contributed by atoms with E-state index in [0.717, 1.165) is 18.6 Å². The van der Waals surface area contributed by atoms with Gasteiger partial charge in [0.2, 0.25) is 5.91 Å². The Bertz CT molecular complexity index is 1550. The van der Waals surface area contributed by atoms with Crippen LogP contribution in [0.3, 0.4) is 0 Å². The Morgan fingerprint density at radius 2 is 1.73 bits per heavy atom. The van der Waals surface area contributed by atoms with Gasteiger partial charge >= 0.3 is 6.18 Å². The minimum atomic E-state index is -4.54. The molecule has 0 saturated heterocycles. The van der Waals surface area contributed by atoms with Gasteiger partial charge in [-0.3, -0.25) is 28.9 Å². The zero-order valence-electron chi connectivity index (χ0n) is 24.4. The van der Waals surface area contributed by atoms with Gasteiger partial charge in [-0.15, -0.1) is 0 Å². The fourth-order valence-corrected chi connectivity index (χ4v) is 7.15. The second kappa shape index (κ2) is 11.2. The molecule has 0 aromatic heterocycles. The molecule has 44 heavy (non-hydrogen) atoms. The second-order valence-electron chi connectivity index (χ2n) is 12.0. The van der Waals surface area contributed by atoms with Crippen molar-refractivity contribution in [1.82, 2.24) is 4.90 Å². The molecule has 5 rings (SSSR count). The van der Waals surface area contributed by atoms with Crippen LogP contribution in [0, 0.1) is 23.7 Å². The first-order chi connectivity index (χ1) is 20.6. The van der Waals surface area contributed by atoms with Gasteiger partial charge in [0, 0.05) is 5.92 Å². The van der Waals surface area contributed by atoms with Gasteiger partial charge in [-0.2, -0.15) is 13.2 Å². The predicted octanol–water partition coefficient (Wildman–Crippen LogP) is 3.03. The van der Waals surface area contributed by atoms with E-state index in [4.69, 9.17) is 10.5 Å². The lowest BCUT2D eigenvalue weighted by Gasteiger charge is -2.52. The third-order valence-electron chi connectivity index (χ3n) is 9.21. The first-order valence-corrected chi connectivity index (χ1v) is 14.5. The van der Waals surface area contributed by atoms with E-state index < -0.39 is 76.1 Å². The molecule has 1 amide bonds. The molecule has 3 N–H and O–H groups in total. The van der Waals surface area contributed by atoms with Crippen LogP contribution in [0.2, 0.25) is 0 Å². The number of carbonyl (C=O) groups excluding carboxylic acids is 5. The van der Waals surface area contributed by atoms with Crippen LogP contribution in [0.25, 0.3) is 11.1 Å². The number of likely N-dealkylation sites (N-methyl/N-ethyl adjacent to an activating group) is 1.